The van der Waals surface area contributed by atoms with Crippen molar-refractivity contribution in [3.8, 4) is 0 Å². The maximum Gasteiger partial charge on any atom is 0.237 e. The molecular formula is C17H19N5O2S2. The Bertz CT molecular complexity index is 823. The van der Waals surface area contributed by atoms with Gasteiger partial charge in [0.2, 0.25) is 16.9 Å². The number of fused-ring (bicyclic) bond motifs is 1. The van der Waals surface area contributed by atoms with E-state index in [1.54, 1.807) is 17.0 Å². The molecule has 26 heavy (non-hydrogen) atoms. The van der Waals surface area contributed by atoms with Gasteiger partial charge in [-0.3, -0.25) is 9.59 Å². The summed E-state index contributed by atoms with van der Waals surface area (Å²) >= 11 is 2.74. The molecule has 0 saturated heterocycles. The number of para-hydroxylation sites is 2. The van der Waals surface area contributed by atoms with E-state index in [2.05, 4.69) is 27.4 Å². The van der Waals surface area contributed by atoms with Gasteiger partial charge in [0.1, 0.15) is 0 Å². The molecule has 0 saturated carbocycles. The lowest BCUT2D eigenvalue weighted by molar-refractivity contribution is -0.117. The predicted molar refractivity (Wildman–Crippen MR) is 106 cm³/mol. The van der Waals surface area contributed by atoms with Gasteiger partial charge in [-0.05, 0) is 19.1 Å². The number of rotatable bonds is 6. The first-order valence-corrected chi connectivity index (χ1v) is 9.90. The van der Waals surface area contributed by atoms with Crippen molar-refractivity contribution in [3.05, 3.63) is 36.9 Å². The number of thioether (sulfide) groups is 1. The number of hydrogen-bond acceptors (Lipinski definition) is 7. The van der Waals surface area contributed by atoms with Gasteiger partial charge >= 0.3 is 0 Å². The van der Waals surface area contributed by atoms with Gasteiger partial charge < -0.3 is 15.5 Å². The van der Waals surface area contributed by atoms with Crippen molar-refractivity contribution in [1.82, 2.24) is 10.2 Å². The monoisotopic (exact) mass is 389 g/mol. The third-order valence-electron chi connectivity index (χ3n) is 3.75. The first kappa shape index (κ1) is 18.4. The van der Waals surface area contributed by atoms with E-state index < -0.39 is 0 Å². The van der Waals surface area contributed by atoms with E-state index in [9.17, 15) is 9.59 Å². The largest absolute Gasteiger partial charge is 0.357 e. The molecule has 2 heterocycles. The molecule has 0 bridgehead atoms. The maximum absolute atomic E-state index is 12.9. The Hall–Kier alpha value is -2.39. The summed E-state index contributed by atoms with van der Waals surface area (Å²) in [5.41, 5.74) is 1.38. The van der Waals surface area contributed by atoms with Crippen LogP contribution < -0.4 is 15.5 Å². The molecule has 7 nitrogen and oxygen atoms in total. The summed E-state index contributed by atoms with van der Waals surface area (Å²) in [6, 6.07) is 7.14. The van der Waals surface area contributed by atoms with Crippen LogP contribution in [-0.4, -0.2) is 40.4 Å². The molecule has 2 N–H and O–H groups in total. The standard InChI is InChI=1S/C17H19N5O2S2/c1-3-8-18-16-20-21-17(26-16)25-10-15(24)22-11(2)9-14(23)19-12-6-4-5-7-13(12)22/h3-7,11H,1,8-10H2,2H3,(H,18,20)(H,19,23)/t11-/m1/s1. The number of aromatic nitrogens is 2. The molecule has 1 aliphatic heterocycles. The van der Waals surface area contributed by atoms with Crippen LogP contribution in [0.15, 0.2) is 41.3 Å². The summed E-state index contributed by atoms with van der Waals surface area (Å²) in [7, 11) is 0. The molecule has 2 amide bonds. The normalized spacial score (nSPS) is 16.4. The molecule has 1 aromatic carbocycles. The fourth-order valence-corrected chi connectivity index (χ4v) is 4.28. The minimum atomic E-state index is -0.217. The lowest BCUT2D eigenvalue weighted by Crippen LogP contribution is -2.40. The zero-order chi connectivity index (χ0) is 18.5. The highest BCUT2D eigenvalue weighted by atomic mass is 32.2. The van der Waals surface area contributed by atoms with E-state index in [-0.39, 0.29) is 30.0 Å². The number of hydrogen-bond donors (Lipinski definition) is 2. The zero-order valence-corrected chi connectivity index (χ0v) is 15.9. The van der Waals surface area contributed by atoms with Crippen molar-refractivity contribution >= 4 is 51.4 Å². The van der Waals surface area contributed by atoms with Gasteiger partial charge in [-0.1, -0.05) is 41.3 Å². The Balaban J connectivity index is 1.71. The van der Waals surface area contributed by atoms with E-state index in [0.29, 0.717) is 17.4 Å². The van der Waals surface area contributed by atoms with Gasteiger partial charge in [0.15, 0.2) is 4.34 Å². The Labute approximate surface area is 159 Å². The Kier molecular flexibility index (Phi) is 5.89. The molecule has 136 valence electrons. The minimum Gasteiger partial charge on any atom is -0.357 e. The third kappa shape index (κ3) is 4.23. The molecule has 0 fully saturated rings. The summed E-state index contributed by atoms with van der Waals surface area (Å²) in [4.78, 5) is 26.6. The van der Waals surface area contributed by atoms with Crippen molar-refractivity contribution < 1.29 is 9.59 Å². The minimum absolute atomic E-state index is 0.0674. The van der Waals surface area contributed by atoms with Crippen molar-refractivity contribution in [2.45, 2.75) is 23.7 Å². The van der Waals surface area contributed by atoms with Crippen molar-refractivity contribution in [2.24, 2.45) is 0 Å². The first-order chi connectivity index (χ1) is 12.6. The molecule has 0 radical (unpaired) electrons. The number of benzene rings is 1. The number of nitrogens with zero attached hydrogens (tertiary/aromatic N) is 3. The second kappa shape index (κ2) is 8.33. The molecule has 0 spiro atoms. The van der Waals surface area contributed by atoms with Crippen LogP contribution in [0, 0.1) is 0 Å². The Morgan fingerprint density at radius 3 is 3.12 bits per heavy atom. The Morgan fingerprint density at radius 1 is 1.50 bits per heavy atom. The molecular weight excluding hydrogens is 370 g/mol. The van der Waals surface area contributed by atoms with E-state index in [1.807, 2.05) is 25.1 Å². The van der Waals surface area contributed by atoms with Crippen LogP contribution in [0.1, 0.15) is 13.3 Å². The number of amides is 2. The first-order valence-electron chi connectivity index (χ1n) is 8.10. The highest BCUT2D eigenvalue weighted by Crippen LogP contribution is 2.33. The number of anilines is 3. The zero-order valence-electron chi connectivity index (χ0n) is 14.3. The molecule has 1 aliphatic rings. The van der Waals surface area contributed by atoms with Gasteiger partial charge in [-0.25, -0.2) is 0 Å². The number of carbonyl (C=O) groups is 2. The highest BCUT2D eigenvalue weighted by molar-refractivity contribution is 8.01. The van der Waals surface area contributed by atoms with Gasteiger partial charge in [0, 0.05) is 19.0 Å². The van der Waals surface area contributed by atoms with Crippen LogP contribution in [0.5, 0.6) is 0 Å². The average Bonchev–Trinajstić information content (AvgIpc) is 3.02. The van der Waals surface area contributed by atoms with Crippen molar-refractivity contribution in [3.63, 3.8) is 0 Å². The van der Waals surface area contributed by atoms with Gasteiger partial charge in [0.05, 0.1) is 17.1 Å². The fourth-order valence-electron chi connectivity index (χ4n) is 2.66. The third-order valence-corrected chi connectivity index (χ3v) is 5.75. The lowest BCUT2D eigenvalue weighted by atomic mass is 10.2. The lowest BCUT2D eigenvalue weighted by Gasteiger charge is -2.27. The van der Waals surface area contributed by atoms with E-state index in [4.69, 9.17) is 0 Å². The van der Waals surface area contributed by atoms with Crippen molar-refractivity contribution in [1.29, 1.82) is 0 Å². The van der Waals surface area contributed by atoms with Crippen molar-refractivity contribution in [2.75, 3.05) is 27.8 Å². The van der Waals surface area contributed by atoms with E-state index >= 15 is 0 Å². The molecule has 1 atom stereocenters. The van der Waals surface area contributed by atoms with Crippen LogP contribution in [-0.2, 0) is 9.59 Å². The highest BCUT2D eigenvalue weighted by Gasteiger charge is 2.29. The quantitative estimate of drug-likeness (QED) is 0.583. The summed E-state index contributed by atoms with van der Waals surface area (Å²) in [6.45, 7) is 6.14. The topological polar surface area (TPSA) is 87.2 Å². The second-order valence-corrected chi connectivity index (χ2v) is 7.91. The van der Waals surface area contributed by atoms with Crippen LogP contribution in [0.4, 0.5) is 16.5 Å². The number of carbonyl (C=O) groups excluding carboxylic acids is 2. The predicted octanol–water partition coefficient (Wildman–Crippen LogP) is 2.99. The molecule has 0 unspecified atom stereocenters. The van der Waals surface area contributed by atoms with Crippen LogP contribution in [0.25, 0.3) is 0 Å². The summed E-state index contributed by atoms with van der Waals surface area (Å²) in [6.07, 6.45) is 2.00. The van der Waals surface area contributed by atoms with Gasteiger partial charge in [-0.15, -0.1) is 16.8 Å². The summed E-state index contributed by atoms with van der Waals surface area (Å²) < 4.78 is 0.717. The Morgan fingerprint density at radius 2 is 2.31 bits per heavy atom. The summed E-state index contributed by atoms with van der Waals surface area (Å²) in [5, 5.41) is 14.7. The fraction of sp³-hybridized carbons (Fsp3) is 0.294. The van der Waals surface area contributed by atoms with Crippen LogP contribution >= 0.6 is 23.1 Å². The molecule has 9 heteroatoms. The maximum atomic E-state index is 12.9. The SMILES string of the molecule is C=CCNc1nnc(SCC(=O)N2c3ccccc3NC(=O)C[C@H]2C)s1. The second-order valence-electron chi connectivity index (χ2n) is 5.71. The van der Waals surface area contributed by atoms with Gasteiger partial charge in [0.25, 0.3) is 0 Å². The van der Waals surface area contributed by atoms with E-state index in [0.717, 1.165) is 10.0 Å². The molecule has 0 aliphatic carbocycles. The van der Waals surface area contributed by atoms with Crippen LogP contribution in [0.2, 0.25) is 0 Å². The molecule has 2 aromatic rings. The average molecular weight is 390 g/mol. The molecule has 1 aromatic heterocycles. The summed E-state index contributed by atoms with van der Waals surface area (Å²) in [5.74, 6) is 0.0698. The number of nitrogens with one attached hydrogen (secondary N) is 2. The van der Waals surface area contributed by atoms with Crippen LogP contribution in [0.3, 0.4) is 0 Å². The van der Waals surface area contributed by atoms with Gasteiger partial charge in [-0.2, -0.15) is 0 Å². The van der Waals surface area contributed by atoms with E-state index in [1.165, 1.54) is 23.1 Å². The smallest absolute Gasteiger partial charge is 0.237 e. The molecule has 3 rings (SSSR count).